The Morgan fingerprint density at radius 3 is 2.95 bits per heavy atom. The topological polar surface area (TPSA) is 96.6 Å². The van der Waals surface area contributed by atoms with Crippen molar-refractivity contribution in [1.29, 1.82) is 0 Å². The van der Waals surface area contributed by atoms with Gasteiger partial charge in [-0.05, 0) is 13.0 Å². The van der Waals surface area contributed by atoms with Crippen LogP contribution in [0.15, 0.2) is 18.5 Å². The van der Waals surface area contributed by atoms with Crippen LogP contribution in [0.1, 0.15) is 23.0 Å². The second kappa shape index (κ2) is 5.05. The summed E-state index contributed by atoms with van der Waals surface area (Å²) < 4.78 is 1.50. The summed E-state index contributed by atoms with van der Waals surface area (Å²) in [6.07, 6.45) is 3.14. The van der Waals surface area contributed by atoms with Crippen molar-refractivity contribution in [3.63, 3.8) is 0 Å². The van der Waals surface area contributed by atoms with Gasteiger partial charge in [-0.2, -0.15) is 5.10 Å². The zero-order valence-corrected chi connectivity index (χ0v) is 10.6. The summed E-state index contributed by atoms with van der Waals surface area (Å²) >= 11 is 0. The molecular formula is C12H14N4O3. The van der Waals surface area contributed by atoms with Crippen molar-refractivity contribution < 1.29 is 14.7 Å². The summed E-state index contributed by atoms with van der Waals surface area (Å²) in [5, 5.41) is 15.3. The molecule has 0 aliphatic heterocycles. The summed E-state index contributed by atoms with van der Waals surface area (Å²) in [7, 11) is 0. The Morgan fingerprint density at radius 2 is 2.26 bits per heavy atom. The van der Waals surface area contributed by atoms with Gasteiger partial charge in [-0.3, -0.25) is 9.59 Å². The molecule has 100 valence electrons. The number of nitrogens with one attached hydrogen (secondary N) is 1. The Hall–Kier alpha value is -2.44. The van der Waals surface area contributed by atoms with Crippen molar-refractivity contribution in [2.75, 3.05) is 6.54 Å². The Balaban J connectivity index is 2.17. The van der Waals surface area contributed by atoms with Crippen LogP contribution in [-0.2, 0) is 4.79 Å². The molecule has 0 saturated carbocycles. The number of fused-ring (bicyclic) bond motifs is 1. The van der Waals surface area contributed by atoms with Gasteiger partial charge >= 0.3 is 5.97 Å². The maximum Gasteiger partial charge on any atom is 0.308 e. The van der Waals surface area contributed by atoms with Gasteiger partial charge in [-0.1, -0.05) is 6.92 Å². The number of carbonyl (C=O) groups is 2. The molecule has 0 fully saturated rings. The fraction of sp³-hybridized carbons (Fsp3) is 0.333. The summed E-state index contributed by atoms with van der Waals surface area (Å²) in [6.45, 7) is 3.42. The summed E-state index contributed by atoms with van der Waals surface area (Å²) in [6, 6.07) is 1.79. The van der Waals surface area contributed by atoms with E-state index in [1.54, 1.807) is 12.3 Å². The predicted octanol–water partition coefficient (Wildman–Crippen LogP) is 0.488. The highest BCUT2D eigenvalue weighted by atomic mass is 16.4. The lowest BCUT2D eigenvalue weighted by atomic mass is 10.2. The molecule has 2 N–H and O–H groups in total. The van der Waals surface area contributed by atoms with E-state index in [0.717, 1.165) is 5.69 Å². The summed E-state index contributed by atoms with van der Waals surface area (Å²) in [4.78, 5) is 26.9. The molecule has 2 heterocycles. The number of carboxylic acids is 1. The number of amides is 1. The first-order chi connectivity index (χ1) is 8.99. The van der Waals surface area contributed by atoms with Crippen molar-refractivity contribution >= 4 is 17.5 Å². The van der Waals surface area contributed by atoms with Crippen LogP contribution in [0.5, 0.6) is 0 Å². The van der Waals surface area contributed by atoms with Gasteiger partial charge in [-0.25, -0.2) is 9.50 Å². The fourth-order valence-corrected chi connectivity index (χ4v) is 1.55. The van der Waals surface area contributed by atoms with E-state index in [1.807, 2.05) is 6.92 Å². The normalized spacial score (nSPS) is 12.3. The van der Waals surface area contributed by atoms with Gasteiger partial charge in [-0.15, -0.1) is 0 Å². The van der Waals surface area contributed by atoms with Crippen LogP contribution in [0, 0.1) is 12.8 Å². The zero-order valence-electron chi connectivity index (χ0n) is 10.6. The van der Waals surface area contributed by atoms with Gasteiger partial charge in [0.1, 0.15) is 5.56 Å². The van der Waals surface area contributed by atoms with Gasteiger partial charge in [0.2, 0.25) is 0 Å². The Labute approximate surface area is 109 Å². The van der Waals surface area contributed by atoms with Gasteiger partial charge in [0, 0.05) is 18.4 Å². The van der Waals surface area contributed by atoms with Gasteiger partial charge in [0.05, 0.1) is 12.1 Å². The van der Waals surface area contributed by atoms with Crippen molar-refractivity contribution in [2.45, 2.75) is 13.8 Å². The minimum Gasteiger partial charge on any atom is -0.481 e. The molecule has 0 aliphatic carbocycles. The third-order valence-electron chi connectivity index (χ3n) is 2.74. The minimum absolute atomic E-state index is 0.0668. The SMILES string of the molecule is Cc1ccn2ncc(C(=O)NCC(C)C(=O)O)c2n1. The van der Waals surface area contributed by atoms with Crippen molar-refractivity contribution in [3.05, 3.63) is 29.7 Å². The molecule has 19 heavy (non-hydrogen) atoms. The van der Waals surface area contributed by atoms with E-state index in [9.17, 15) is 9.59 Å². The Bertz CT molecular complexity index is 635. The highest BCUT2D eigenvalue weighted by molar-refractivity contribution is 5.99. The number of aliphatic carboxylic acids is 1. The molecule has 0 saturated heterocycles. The van der Waals surface area contributed by atoms with E-state index in [1.165, 1.54) is 17.6 Å². The van der Waals surface area contributed by atoms with Crippen LogP contribution < -0.4 is 5.32 Å². The molecule has 1 unspecified atom stereocenters. The van der Waals surface area contributed by atoms with Crippen LogP contribution in [0.3, 0.4) is 0 Å². The number of rotatable bonds is 4. The first-order valence-corrected chi connectivity index (χ1v) is 5.81. The lowest BCUT2D eigenvalue weighted by Gasteiger charge is -2.07. The molecule has 0 aliphatic rings. The molecule has 7 nitrogen and oxygen atoms in total. The van der Waals surface area contributed by atoms with E-state index < -0.39 is 11.9 Å². The maximum absolute atomic E-state index is 12.0. The second-order valence-corrected chi connectivity index (χ2v) is 4.34. The molecule has 0 spiro atoms. The van der Waals surface area contributed by atoms with E-state index in [0.29, 0.717) is 11.2 Å². The largest absolute Gasteiger partial charge is 0.481 e. The molecular weight excluding hydrogens is 248 g/mol. The standard InChI is InChI=1S/C12H14N4O3/c1-7(12(18)19)5-13-11(17)9-6-14-16-4-3-8(2)15-10(9)16/h3-4,6-7H,5H2,1-2H3,(H,13,17)(H,18,19). The van der Waals surface area contributed by atoms with Gasteiger partial charge < -0.3 is 10.4 Å². The molecule has 2 aromatic rings. The minimum atomic E-state index is -0.950. The number of carboxylic acid groups (broad SMARTS) is 1. The Morgan fingerprint density at radius 1 is 1.53 bits per heavy atom. The molecule has 0 radical (unpaired) electrons. The predicted molar refractivity (Wildman–Crippen MR) is 66.9 cm³/mol. The lowest BCUT2D eigenvalue weighted by Crippen LogP contribution is -2.31. The molecule has 7 heteroatoms. The van der Waals surface area contributed by atoms with Crippen LogP contribution in [-0.4, -0.2) is 38.1 Å². The quantitative estimate of drug-likeness (QED) is 0.835. The van der Waals surface area contributed by atoms with Crippen LogP contribution in [0.25, 0.3) is 5.65 Å². The fourth-order valence-electron chi connectivity index (χ4n) is 1.55. The molecule has 1 atom stereocenters. The summed E-state index contributed by atoms with van der Waals surface area (Å²) in [5.41, 5.74) is 1.57. The molecule has 0 aromatic carbocycles. The van der Waals surface area contributed by atoms with Crippen LogP contribution in [0.4, 0.5) is 0 Å². The van der Waals surface area contributed by atoms with Crippen molar-refractivity contribution in [3.8, 4) is 0 Å². The summed E-state index contributed by atoms with van der Waals surface area (Å²) in [5.74, 6) is -1.96. The van der Waals surface area contributed by atoms with E-state index in [-0.39, 0.29) is 12.5 Å². The Kier molecular flexibility index (Phi) is 3.46. The number of carbonyl (C=O) groups excluding carboxylic acids is 1. The van der Waals surface area contributed by atoms with E-state index >= 15 is 0 Å². The van der Waals surface area contributed by atoms with Crippen molar-refractivity contribution in [1.82, 2.24) is 19.9 Å². The van der Waals surface area contributed by atoms with Crippen molar-refractivity contribution in [2.24, 2.45) is 5.92 Å². The van der Waals surface area contributed by atoms with Crippen LogP contribution in [0.2, 0.25) is 0 Å². The average Bonchev–Trinajstić information content (AvgIpc) is 2.78. The smallest absolute Gasteiger partial charge is 0.308 e. The lowest BCUT2D eigenvalue weighted by molar-refractivity contribution is -0.140. The van der Waals surface area contributed by atoms with Gasteiger partial charge in [0.25, 0.3) is 5.91 Å². The number of aryl methyl sites for hydroxylation is 1. The molecule has 0 bridgehead atoms. The molecule has 2 rings (SSSR count). The maximum atomic E-state index is 12.0. The second-order valence-electron chi connectivity index (χ2n) is 4.34. The highest BCUT2D eigenvalue weighted by Gasteiger charge is 2.16. The van der Waals surface area contributed by atoms with E-state index in [4.69, 9.17) is 5.11 Å². The number of hydrogen-bond acceptors (Lipinski definition) is 4. The first kappa shape index (κ1) is 13.0. The van der Waals surface area contributed by atoms with E-state index in [2.05, 4.69) is 15.4 Å². The highest BCUT2D eigenvalue weighted by Crippen LogP contribution is 2.08. The first-order valence-electron chi connectivity index (χ1n) is 5.81. The van der Waals surface area contributed by atoms with Crippen LogP contribution >= 0.6 is 0 Å². The number of aromatic nitrogens is 3. The average molecular weight is 262 g/mol. The zero-order chi connectivity index (χ0) is 14.0. The molecule has 1 amide bonds. The monoisotopic (exact) mass is 262 g/mol. The molecule has 2 aromatic heterocycles. The number of nitrogens with zero attached hydrogens (tertiary/aromatic N) is 3. The van der Waals surface area contributed by atoms with Gasteiger partial charge in [0.15, 0.2) is 5.65 Å². The third-order valence-corrected chi connectivity index (χ3v) is 2.74. The number of hydrogen-bond donors (Lipinski definition) is 2. The third kappa shape index (κ3) is 2.70.